The lowest BCUT2D eigenvalue weighted by Crippen LogP contribution is -2.17. The first-order valence-corrected chi connectivity index (χ1v) is 5.63. The Balaban J connectivity index is 1.73. The molecule has 92 valence electrons. The fourth-order valence-electron chi connectivity index (χ4n) is 1.51. The van der Waals surface area contributed by atoms with Gasteiger partial charge in [-0.2, -0.15) is 5.10 Å². The maximum atomic E-state index is 5.46. The minimum Gasteiger partial charge on any atom is -0.444 e. The molecule has 2 aromatic rings. The Morgan fingerprint density at radius 1 is 1.41 bits per heavy atom. The van der Waals surface area contributed by atoms with E-state index in [0.717, 1.165) is 36.1 Å². The molecular formula is C11H17N5O. The summed E-state index contributed by atoms with van der Waals surface area (Å²) in [7, 11) is 1.86. The third-order valence-electron chi connectivity index (χ3n) is 2.52. The van der Waals surface area contributed by atoms with Crippen LogP contribution >= 0.6 is 0 Å². The number of hydrogen-bond acceptors (Lipinski definition) is 5. The van der Waals surface area contributed by atoms with Crippen molar-refractivity contribution in [1.29, 1.82) is 0 Å². The van der Waals surface area contributed by atoms with Crippen LogP contribution in [-0.4, -0.2) is 26.3 Å². The highest BCUT2D eigenvalue weighted by molar-refractivity contribution is 5.05. The van der Waals surface area contributed by atoms with E-state index < -0.39 is 0 Å². The van der Waals surface area contributed by atoms with Crippen LogP contribution in [0.4, 0.5) is 0 Å². The molecule has 0 radical (unpaired) electrons. The smallest absolute Gasteiger partial charge is 0.208 e. The number of aryl methyl sites for hydroxylation is 3. The van der Waals surface area contributed by atoms with Crippen molar-refractivity contribution in [3.8, 4) is 0 Å². The maximum Gasteiger partial charge on any atom is 0.208 e. The van der Waals surface area contributed by atoms with Gasteiger partial charge in [0, 0.05) is 20.0 Å². The molecule has 6 nitrogen and oxygen atoms in total. The molecule has 0 saturated carbocycles. The van der Waals surface area contributed by atoms with E-state index in [9.17, 15) is 0 Å². The molecule has 0 aliphatic carbocycles. The molecular weight excluding hydrogens is 218 g/mol. The van der Waals surface area contributed by atoms with Gasteiger partial charge in [-0.25, -0.2) is 9.97 Å². The van der Waals surface area contributed by atoms with Crippen molar-refractivity contribution in [2.45, 2.75) is 26.8 Å². The zero-order valence-corrected chi connectivity index (χ0v) is 10.4. The molecule has 0 amide bonds. The predicted octanol–water partition coefficient (Wildman–Crippen LogP) is 0.752. The van der Waals surface area contributed by atoms with E-state index in [1.54, 1.807) is 11.0 Å². The largest absolute Gasteiger partial charge is 0.444 e. The highest BCUT2D eigenvalue weighted by Gasteiger charge is 2.04. The molecule has 0 bridgehead atoms. The number of nitrogens with zero attached hydrogens (tertiary/aromatic N) is 4. The minimum atomic E-state index is 0.640. The van der Waals surface area contributed by atoms with Crippen LogP contribution in [0.2, 0.25) is 0 Å². The number of nitrogens with one attached hydrogen (secondary N) is 1. The standard InChI is InChI=1S/C11H17N5O/c1-8-9(2)17-11(14-8)6-12-5-4-10-13-7-16(3)15-10/h7,12H,4-6H2,1-3H3. The van der Waals surface area contributed by atoms with Gasteiger partial charge >= 0.3 is 0 Å². The van der Waals surface area contributed by atoms with Crippen LogP contribution in [0.25, 0.3) is 0 Å². The normalized spacial score (nSPS) is 11.0. The van der Waals surface area contributed by atoms with Gasteiger partial charge in [0.2, 0.25) is 5.89 Å². The summed E-state index contributed by atoms with van der Waals surface area (Å²) in [5, 5.41) is 7.45. The molecule has 2 aromatic heterocycles. The summed E-state index contributed by atoms with van der Waals surface area (Å²) >= 11 is 0. The van der Waals surface area contributed by atoms with Crippen molar-refractivity contribution in [2.24, 2.45) is 7.05 Å². The van der Waals surface area contributed by atoms with Gasteiger partial charge in [-0.3, -0.25) is 4.68 Å². The number of oxazole rings is 1. The Hall–Kier alpha value is -1.69. The van der Waals surface area contributed by atoms with E-state index in [4.69, 9.17) is 4.42 Å². The van der Waals surface area contributed by atoms with Gasteiger partial charge in [-0.15, -0.1) is 0 Å². The average molecular weight is 235 g/mol. The van der Waals surface area contributed by atoms with E-state index in [1.165, 1.54) is 0 Å². The number of rotatable bonds is 5. The lowest BCUT2D eigenvalue weighted by molar-refractivity contribution is 0.449. The molecule has 0 aromatic carbocycles. The molecule has 2 heterocycles. The lowest BCUT2D eigenvalue weighted by atomic mass is 10.4. The first-order valence-electron chi connectivity index (χ1n) is 5.63. The summed E-state index contributed by atoms with van der Waals surface area (Å²) in [6, 6.07) is 0. The summed E-state index contributed by atoms with van der Waals surface area (Å²) in [4.78, 5) is 8.45. The van der Waals surface area contributed by atoms with Gasteiger partial charge in [-0.05, 0) is 13.8 Å². The minimum absolute atomic E-state index is 0.640. The van der Waals surface area contributed by atoms with E-state index in [2.05, 4.69) is 20.4 Å². The van der Waals surface area contributed by atoms with Crippen LogP contribution < -0.4 is 5.32 Å². The summed E-state index contributed by atoms with van der Waals surface area (Å²) in [5.41, 5.74) is 0.952. The van der Waals surface area contributed by atoms with Gasteiger partial charge < -0.3 is 9.73 Å². The van der Waals surface area contributed by atoms with Crippen molar-refractivity contribution in [3.05, 3.63) is 29.5 Å². The molecule has 0 fully saturated rings. The average Bonchev–Trinajstić information content (AvgIpc) is 2.82. The van der Waals surface area contributed by atoms with Crippen LogP contribution in [0, 0.1) is 13.8 Å². The fourth-order valence-corrected chi connectivity index (χ4v) is 1.51. The van der Waals surface area contributed by atoms with Crippen molar-refractivity contribution in [1.82, 2.24) is 25.1 Å². The van der Waals surface area contributed by atoms with Crippen LogP contribution in [0.15, 0.2) is 10.7 Å². The van der Waals surface area contributed by atoms with Gasteiger partial charge in [0.05, 0.1) is 12.2 Å². The SMILES string of the molecule is Cc1nc(CNCCc2ncn(C)n2)oc1C. The van der Waals surface area contributed by atoms with Gasteiger partial charge in [0.1, 0.15) is 12.1 Å². The molecule has 0 spiro atoms. The zero-order valence-electron chi connectivity index (χ0n) is 10.4. The topological polar surface area (TPSA) is 68.8 Å². The Kier molecular flexibility index (Phi) is 3.53. The Bertz CT molecular complexity index is 468. The third-order valence-corrected chi connectivity index (χ3v) is 2.52. The first-order chi connectivity index (χ1) is 8.15. The van der Waals surface area contributed by atoms with Crippen molar-refractivity contribution in [3.63, 3.8) is 0 Å². The van der Waals surface area contributed by atoms with E-state index >= 15 is 0 Å². The van der Waals surface area contributed by atoms with E-state index in [1.807, 2.05) is 20.9 Å². The molecule has 2 rings (SSSR count). The van der Waals surface area contributed by atoms with Crippen LogP contribution in [-0.2, 0) is 20.0 Å². The van der Waals surface area contributed by atoms with Crippen molar-refractivity contribution >= 4 is 0 Å². The van der Waals surface area contributed by atoms with Gasteiger partial charge in [0.25, 0.3) is 0 Å². The molecule has 1 N–H and O–H groups in total. The highest BCUT2D eigenvalue weighted by atomic mass is 16.4. The monoisotopic (exact) mass is 235 g/mol. The Morgan fingerprint density at radius 3 is 2.82 bits per heavy atom. The second-order valence-electron chi connectivity index (χ2n) is 4.01. The summed E-state index contributed by atoms with van der Waals surface area (Å²) in [6.07, 6.45) is 2.51. The number of aromatic nitrogens is 4. The number of hydrogen-bond donors (Lipinski definition) is 1. The maximum absolute atomic E-state index is 5.46. The Labute approximate surface area is 100 Å². The Morgan fingerprint density at radius 2 is 2.24 bits per heavy atom. The second-order valence-corrected chi connectivity index (χ2v) is 4.01. The molecule has 0 saturated heterocycles. The molecule has 0 atom stereocenters. The van der Waals surface area contributed by atoms with E-state index in [-0.39, 0.29) is 0 Å². The first kappa shape index (κ1) is 11.8. The summed E-state index contributed by atoms with van der Waals surface area (Å²) < 4.78 is 7.17. The summed E-state index contributed by atoms with van der Waals surface area (Å²) in [5.74, 6) is 2.46. The quantitative estimate of drug-likeness (QED) is 0.775. The van der Waals surface area contributed by atoms with Crippen molar-refractivity contribution in [2.75, 3.05) is 6.54 Å². The van der Waals surface area contributed by atoms with Crippen LogP contribution in [0.5, 0.6) is 0 Å². The van der Waals surface area contributed by atoms with Crippen LogP contribution in [0.3, 0.4) is 0 Å². The van der Waals surface area contributed by atoms with Gasteiger partial charge in [0.15, 0.2) is 5.82 Å². The van der Waals surface area contributed by atoms with E-state index in [0.29, 0.717) is 6.54 Å². The lowest BCUT2D eigenvalue weighted by Gasteiger charge is -1.98. The highest BCUT2D eigenvalue weighted by Crippen LogP contribution is 2.07. The zero-order chi connectivity index (χ0) is 12.3. The molecule has 0 aliphatic rings. The molecule has 0 unspecified atom stereocenters. The molecule has 6 heteroatoms. The van der Waals surface area contributed by atoms with Crippen LogP contribution in [0.1, 0.15) is 23.2 Å². The molecule has 0 aliphatic heterocycles. The summed E-state index contributed by atoms with van der Waals surface area (Å²) in [6.45, 7) is 5.32. The molecule has 17 heavy (non-hydrogen) atoms. The fraction of sp³-hybridized carbons (Fsp3) is 0.545. The second kappa shape index (κ2) is 5.09. The predicted molar refractivity (Wildman–Crippen MR) is 62.4 cm³/mol. The third kappa shape index (κ3) is 3.13. The van der Waals surface area contributed by atoms with Gasteiger partial charge in [-0.1, -0.05) is 0 Å². The van der Waals surface area contributed by atoms with Crippen molar-refractivity contribution < 1.29 is 4.42 Å².